The van der Waals surface area contributed by atoms with Gasteiger partial charge in [0.05, 0.1) is 6.10 Å². The van der Waals surface area contributed by atoms with Crippen LogP contribution in [0.5, 0.6) is 0 Å². The highest BCUT2D eigenvalue weighted by atomic mass is 16.6. The van der Waals surface area contributed by atoms with E-state index in [9.17, 15) is 4.79 Å². The molecule has 0 bridgehead atoms. The molecular weight excluding hydrogens is 214 g/mol. The third-order valence-corrected chi connectivity index (χ3v) is 4.22. The van der Waals surface area contributed by atoms with Crippen LogP contribution in [-0.2, 0) is 4.74 Å². The lowest BCUT2D eigenvalue weighted by molar-refractivity contribution is 0.110. The van der Waals surface area contributed by atoms with Crippen LogP contribution in [-0.4, -0.2) is 18.2 Å². The standard InChI is InChI=1S/C14H25NO2/c1-8(2)17-14(16)15-13-6-9(3)5-10(4)11-7-12(11)13/h8-13H,5-7H2,1-4H3,(H,15,16)/t9?,10-,11?,12?,13-/m1/s1. The van der Waals surface area contributed by atoms with Gasteiger partial charge in [-0.25, -0.2) is 4.79 Å². The van der Waals surface area contributed by atoms with E-state index < -0.39 is 0 Å². The SMILES string of the molecule is CC1C[C@@H](C)C2CC2[C@H](NC(=O)OC(C)C)C1. The summed E-state index contributed by atoms with van der Waals surface area (Å²) in [5.74, 6) is 3.07. The third kappa shape index (κ3) is 3.14. The fourth-order valence-electron chi connectivity index (χ4n) is 3.43. The van der Waals surface area contributed by atoms with E-state index in [2.05, 4.69) is 19.2 Å². The minimum absolute atomic E-state index is 0.0351. The number of hydrogen-bond acceptors (Lipinski definition) is 2. The van der Waals surface area contributed by atoms with Gasteiger partial charge in [0.25, 0.3) is 0 Å². The minimum atomic E-state index is -0.239. The Morgan fingerprint density at radius 2 is 1.88 bits per heavy atom. The highest BCUT2D eigenvalue weighted by Gasteiger charge is 2.49. The van der Waals surface area contributed by atoms with Crippen molar-refractivity contribution >= 4 is 6.09 Å². The summed E-state index contributed by atoms with van der Waals surface area (Å²) in [4.78, 5) is 11.7. The second-order valence-electron chi connectivity index (χ2n) is 6.32. The first kappa shape index (κ1) is 12.7. The Balaban J connectivity index is 1.90. The van der Waals surface area contributed by atoms with Crippen LogP contribution in [0.25, 0.3) is 0 Å². The van der Waals surface area contributed by atoms with Crippen molar-refractivity contribution in [3.05, 3.63) is 0 Å². The molecule has 2 saturated carbocycles. The van der Waals surface area contributed by atoms with Crippen LogP contribution in [0.1, 0.15) is 47.0 Å². The number of carbonyl (C=O) groups is 1. The molecule has 1 amide bonds. The molecule has 0 aliphatic heterocycles. The molecule has 17 heavy (non-hydrogen) atoms. The van der Waals surface area contributed by atoms with Crippen LogP contribution in [0.4, 0.5) is 4.79 Å². The lowest BCUT2D eigenvalue weighted by Gasteiger charge is -2.21. The molecule has 1 N–H and O–H groups in total. The lowest BCUT2D eigenvalue weighted by Crippen LogP contribution is -2.38. The van der Waals surface area contributed by atoms with Crippen molar-refractivity contribution in [2.45, 2.75) is 59.1 Å². The summed E-state index contributed by atoms with van der Waals surface area (Å²) in [6.45, 7) is 8.42. The van der Waals surface area contributed by atoms with Crippen molar-refractivity contribution in [1.82, 2.24) is 5.32 Å². The number of carbonyl (C=O) groups excluding carboxylic acids is 1. The van der Waals surface area contributed by atoms with Crippen molar-refractivity contribution in [3.63, 3.8) is 0 Å². The number of amides is 1. The number of nitrogens with one attached hydrogen (secondary N) is 1. The summed E-state index contributed by atoms with van der Waals surface area (Å²) in [6, 6.07) is 0.339. The zero-order chi connectivity index (χ0) is 12.6. The third-order valence-electron chi connectivity index (χ3n) is 4.22. The Bertz CT molecular complexity index is 290. The molecule has 3 unspecified atom stereocenters. The van der Waals surface area contributed by atoms with Crippen LogP contribution in [0.15, 0.2) is 0 Å². The van der Waals surface area contributed by atoms with Gasteiger partial charge in [-0.15, -0.1) is 0 Å². The number of fused-ring (bicyclic) bond motifs is 1. The average Bonchev–Trinajstić information content (AvgIpc) is 2.93. The normalized spacial score (nSPS) is 40.4. The summed E-state index contributed by atoms with van der Waals surface area (Å²) < 4.78 is 5.17. The Morgan fingerprint density at radius 3 is 2.53 bits per heavy atom. The Labute approximate surface area is 104 Å². The molecule has 2 aliphatic carbocycles. The molecule has 0 saturated heterocycles. The van der Waals surface area contributed by atoms with E-state index in [1.165, 1.54) is 12.8 Å². The molecule has 98 valence electrons. The highest BCUT2D eigenvalue weighted by molar-refractivity contribution is 5.67. The van der Waals surface area contributed by atoms with Crippen LogP contribution in [0, 0.1) is 23.7 Å². The number of hydrogen-bond donors (Lipinski definition) is 1. The maximum Gasteiger partial charge on any atom is 0.407 e. The second kappa shape index (κ2) is 4.87. The predicted molar refractivity (Wildman–Crippen MR) is 67.7 cm³/mol. The molecule has 0 spiro atoms. The van der Waals surface area contributed by atoms with Gasteiger partial charge in [0.2, 0.25) is 0 Å². The van der Waals surface area contributed by atoms with Crippen LogP contribution >= 0.6 is 0 Å². The Kier molecular flexibility index (Phi) is 3.64. The monoisotopic (exact) mass is 239 g/mol. The van der Waals surface area contributed by atoms with Crippen LogP contribution in [0.2, 0.25) is 0 Å². The summed E-state index contributed by atoms with van der Waals surface area (Å²) in [5.41, 5.74) is 0. The van der Waals surface area contributed by atoms with E-state index in [4.69, 9.17) is 4.74 Å². The molecule has 0 aromatic rings. The smallest absolute Gasteiger partial charge is 0.407 e. The molecule has 0 aromatic heterocycles. The fourth-order valence-corrected chi connectivity index (χ4v) is 3.43. The van der Waals surface area contributed by atoms with Gasteiger partial charge in [0.1, 0.15) is 0 Å². The van der Waals surface area contributed by atoms with E-state index in [0.29, 0.717) is 17.9 Å². The van der Waals surface area contributed by atoms with Gasteiger partial charge in [-0.05, 0) is 56.8 Å². The summed E-state index contributed by atoms with van der Waals surface area (Å²) in [7, 11) is 0. The largest absolute Gasteiger partial charge is 0.447 e. The van der Waals surface area contributed by atoms with Gasteiger partial charge >= 0.3 is 6.09 Å². The molecular formula is C14H25NO2. The lowest BCUT2D eigenvalue weighted by atomic mass is 9.93. The van der Waals surface area contributed by atoms with Crippen molar-refractivity contribution < 1.29 is 9.53 Å². The average molecular weight is 239 g/mol. The van der Waals surface area contributed by atoms with Crippen molar-refractivity contribution in [3.8, 4) is 0 Å². The first-order chi connectivity index (χ1) is 7.97. The maximum absolute atomic E-state index is 11.7. The topological polar surface area (TPSA) is 38.3 Å². The Hall–Kier alpha value is -0.730. The molecule has 0 radical (unpaired) electrons. The maximum atomic E-state index is 11.7. The molecule has 2 aliphatic rings. The molecule has 3 heteroatoms. The molecule has 0 heterocycles. The minimum Gasteiger partial charge on any atom is -0.447 e. The van der Waals surface area contributed by atoms with Gasteiger partial charge in [0, 0.05) is 6.04 Å². The van der Waals surface area contributed by atoms with Crippen molar-refractivity contribution in [2.75, 3.05) is 0 Å². The fraction of sp³-hybridized carbons (Fsp3) is 0.929. The first-order valence-electron chi connectivity index (χ1n) is 6.94. The predicted octanol–water partition coefficient (Wildman–Crippen LogP) is 3.19. The van der Waals surface area contributed by atoms with Gasteiger partial charge in [-0.1, -0.05) is 13.8 Å². The van der Waals surface area contributed by atoms with Crippen molar-refractivity contribution in [1.29, 1.82) is 0 Å². The zero-order valence-electron chi connectivity index (χ0n) is 11.4. The second-order valence-corrected chi connectivity index (χ2v) is 6.32. The van der Waals surface area contributed by atoms with Crippen LogP contribution < -0.4 is 5.32 Å². The molecule has 3 nitrogen and oxygen atoms in total. The number of alkyl carbamates (subject to hydrolysis) is 1. The van der Waals surface area contributed by atoms with E-state index in [0.717, 1.165) is 18.3 Å². The first-order valence-corrected chi connectivity index (χ1v) is 6.94. The molecule has 2 fully saturated rings. The van der Waals surface area contributed by atoms with Crippen molar-refractivity contribution in [2.24, 2.45) is 23.7 Å². The van der Waals surface area contributed by atoms with Gasteiger partial charge in [-0.2, -0.15) is 0 Å². The molecule has 2 rings (SSSR count). The zero-order valence-corrected chi connectivity index (χ0v) is 11.4. The summed E-state index contributed by atoms with van der Waals surface area (Å²) in [5, 5.41) is 3.07. The molecule has 0 aromatic carbocycles. The van der Waals surface area contributed by atoms with E-state index in [1.54, 1.807) is 0 Å². The van der Waals surface area contributed by atoms with Gasteiger partial charge in [0.15, 0.2) is 0 Å². The highest BCUT2D eigenvalue weighted by Crippen LogP contribution is 2.52. The van der Waals surface area contributed by atoms with E-state index >= 15 is 0 Å². The summed E-state index contributed by atoms with van der Waals surface area (Å²) >= 11 is 0. The van der Waals surface area contributed by atoms with E-state index in [1.807, 2.05) is 13.8 Å². The number of rotatable bonds is 2. The Morgan fingerprint density at radius 1 is 1.18 bits per heavy atom. The van der Waals surface area contributed by atoms with Gasteiger partial charge in [-0.3, -0.25) is 0 Å². The van der Waals surface area contributed by atoms with Crippen LogP contribution in [0.3, 0.4) is 0 Å². The van der Waals surface area contributed by atoms with E-state index in [-0.39, 0.29) is 12.2 Å². The number of ether oxygens (including phenoxy) is 1. The van der Waals surface area contributed by atoms with Gasteiger partial charge < -0.3 is 10.1 Å². The summed E-state index contributed by atoms with van der Waals surface area (Å²) in [6.07, 6.45) is 3.43. The quantitative estimate of drug-likeness (QED) is 0.803. The molecule has 5 atom stereocenters.